The average Bonchev–Trinajstić information content (AvgIpc) is 3.42. The molecule has 2 aromatic rings. The maximum absolute atomic E-state index is 14.2. The molecule has 0 aromatic heterocycles. The van der Waals surface area contributed by atoms with Gasteiger partial charge in [-0.1, -0.05) is 51.1 Å². The summed E-state index contributed by atoms with van der Waals surface area (Å²) >= 11 is 0. The molecule has 0 saturated heterocycles. The molecular formula is C40H52N2O14. The van der Waals surface area contributed by atoms with Crippen molar-refractivity contribution in [1.82, 2.24) is 0 Å². The topological polar surface area (TPSA) is 243 Å². The third-order valence-electron chi connectivity index (χ3n) is 10.5. The Morgan fingerprint density at radius 2 is 1.66 bits per heavy atom. The first-order valence-corrected chi connectivity index (χ1v) is 18.2. The molecule has 5 bridgehead atoms. The first kappa shape index (κ1) is 43.6. The molecule has 0 spiro atoms. The molecule has 0 saturated carbocycles. The minimum absolute atomic E-state index is 0.00857. The van der Waals surface area contributed by atoms with Gasteiger partial charge in [0, 0.05) is 61.2 Å². The number of hydrogen-bond acceptors (Lipinski definition) is 15. The lowest BCUT2D eigenvalue weighted by Gasteiger charge is -2.38. The molecule has 3 aliphatic rings. The van der Waals surface area contributed by atoms with Gasteiger partial charge in [-0.05, 0) is 19.9 Å². The Morgan fingerprint density at radius 3 is 2.29 bits per heavy atom. The second kappa shape index (κ2) is 17.7. The van der Waals surface area contributed by atoms with Crippen molar-refractivity contribution in [2.24, 2.45) is 28.8 Å². The summed E-state index contributed by atoms with van der Waals surface area (Å²) in [7, 11) is 1.41. The number of aliphatic hydroxyl groups excluding tert-OH is 3. The highest BCUT2D eigenvalue weighted by Crippen LogP contribution is 2.55. The van der Waals surface area contributed by atoms with Crippen LogP contribution < -0.4 is 10.1 Å². The number of aromatic hydroxyl groups is 3. The number of nitrogens with zero attached hydrogens (tertiary/aromatic N) is 1. The predicted molar refractivity (Wildman–Crippen MR) is 204 cm³/mol. The van der Waals surface area contributed by atoms with E-state index in [9.17, 15) is 39.9 Å². The fourth-order valence-electron chi connectivity index (χ4n) is 7.06. The van der Waals surface area contributed by atoms with E-state index < -0.39 is 101 Å². The smallest absolute Gasteiger partial charge is 0.312 e. The van der Waals surface area contributed by atoms with Gasteiger partial charge in [-0.3, -0.25) is 14.4 Å². The fraction of sp³-hybridized carbons (Fsp3) is 0.500. The standard InChI is InChI=1S/C40H52N2O14/c1-18-11-10-12-19(2)39(51)42-30-25(17-41-54-16-14-43)34(48)27-28(35(30)49)33(47)23(6)37-29(27)38(50)40(8,56-37)53-15-13-26(52-9)20(3)36(55-24(7)44)22(5)32(46)21(4)31(18)45/h10-13,15,17-18,20-22,26,31-32,36,43,45-49H,14,16H2,1-9H3,(H,42,51)/b11-10?,15-13-,19-12?,41-17+. The molecule has 3 heterocycles. The van der Waals surface area contributed by atoms with Crippen molar-refractivity contribution in [2.75, 3.05) is 25.6 Å². The van der Waals surface area contributed by atoms with Crippen molar-refractivity contribution in [2.45, 2.75) is 85.6 Å². The van der Waals surface area contributed by atoms with Crippen LogP contribution in [-0.2, 0) is 28.6 Å². The number of nitrogens with one attached hydrogen (secondary N) is 1. The van der Waals surface area contributed by atoms with E-state index in [-0.39, 0.29) is 45.4 Å². The SMILES string of the molecule is COC1/C=C\OC2(C)Oc3c(C)c(O)c4c(O)c(c(/C=N/OCCO)c(O)c4c3C2=O)NC(=O)C(C)=CC=CC(C)C(O)C(C)C(O)C(C)C(OC(C)=O)C1C. The molecule has 3 aliphatic heterocycles. The highest BCUT2D eigenvalue weighted by atomic mass is 16.7. The number of fused-ring (bicyclic) bond motifs is 14. The Labute approximate surface area is 324 Å². The molecule has 2 aromatic carbocycles. The maximum atomic E-state index is 14.2. The van der Waals surface area contributed by atoms with Crippen molar-refractivity contribution < 1.29 is 68.8 Å². The summed E-state index contributed by atoms with van der Waals surface area (Å²) in [6.45, 7) is 11.7. The molecule has 306 valence electrons. The Kier molecular flexibility index (Phi) is 13.8. The summed E-state index contributed by atoms with van der Waals surface area (Å²) in [5, 5.41) is 72.3. The van der Waals surface area contributed by atoms with E-state index in [1.807, 2.05) is 0 Å². The van der Waals surface area contributed by atoms with Gasteiger partial charge in [0.15, 0.2) is 5.75 Å². The second-order valence-electron chi connectivity index (χ2n) is 14.4. The molecule has 0 fully saturated rings. The number of rotatable bonds is 6. The number of carbonyl (C=O) groups excluding carboxylic acids is 3. The lowest BCUT2D eigenvalue weighted by atomic mass is 9.78. The van der Waals surface area contributed by atoms with Crippen LogP contribution in [0.3, 0.4) is 0 Å². The molecule has 5 rings (SSSR count). The molecule has 9 unspecified atom stereocenters. The summed E-state index contributed by atoms with van der Waals surface area (Å²) in [4.78, 5) is 45.0. The fourth-order valence-corrected chi connectivity index (χ4v) is 7.06. The van der Waals surface area contributed by atoms with E-state index in [0.29, 0.717) is 0 Å². The zero-order valence-electron chi connectivity index (χ0n) is 32.9. The summed E-state index contributed by atoms with van der Waals surface area (Å²) in [5.74, 6) is -8.94. The van der Waals surface area contributed by atoms with Crippen molar-refractivity contribution in [3.05, 3.63) is 52.8 Å². The van der Waals surface area contributed by atoms with E-state index in [1.54, 1.807) is 33.8 Å². The lowest BCUT2D eigenvalue weighted by Crippen LogP contribution is -2.46. The summed E-state index contributed by atoms with van der Waals surface area (Å²) in [6, 6.07) is 0. The van der Waals surface area contributed by atoms with Crippen LogP contribution in [0.15, 0.2) is 41.3 Å². The number of oxime groups is 1. The van der Waals surface area contributed by atoms with Gasteiger partial charge in [0.1, 0.15) is 30.0 Å². The number of allylic oxidation sites excluding steroid dienone is 2. The Balaban J connectivity index is 1.97. The lowest BCUT2D eigenvalue weighted by molar-refractivity contribution is -0.160. The number of ketones is 1. The summed E-state index contributed by atoms with van der Waals surface area (Å²) < 4.78 is 23.4. The molecule has 16 nitrogen and oxygen atoms in total. The maximum Gasteiger partial charge on any atom is 0.312 e. The Morgan fingerprint density at radius 1 is 0.982 bits per heavy atom. The number of hydrogen-bond donors (Lipinski definition) is 7. The number of methoxy groups -OCH3 is 1. The van der Waals surface area contributed by atoms with E-state index in [1.165, 1.54) is 53.0 Å². The van der Waals surface area contributed by atoms with Crippen LogP contribution >= 0.6 is 0 Å². The number of amides is 1. The largest absolute Gasteiger partial charge is 0.507 e. The number of anilines is 1. The minimum atomic E-state index is -2.08. The summed E-state index contributed by atoms with van der Waals surface area (Å²) in [5.41, 5.74) is -0.836. The third kappa shape index (κ3) is 8.48. The zero-order valence-corrected chi connectivity index (χ0v) is 32.9. The molecule has 56 heavy (non-hydrogen) atoms. The van der Waals surface area contributed by atoms with Crippen LogP contribution in [0.4, 0.5) is 5.69 Å². The van der Waals surface area contributed by atoms with E-state index in [0.717, 1.165) is 12.5 Å². The number of carbonyl (C=O) groups is 3. The van der Waals surface area contributed by atoms with Gasteiger partial charge >= 0.3 is 11.8 Å². The molecule has 9 atom stereocenters. The molecule has 7 N–H and O–H groups in total. The van der Waals surface area contributed by atoms with Gasteiger partial charge in [-0.2, -0.15) is 0 Å². The molecular weight excluding hydrogens is 732 g/mol. The van der Waals surface area contributed by atoms with E-state index >= 15 is 0 Å². The van der Waals surface area contributed by atoms with Crippen molar-refractivity contribution in [3.8, 4) is 23.0 Å². The highest BCUT2D eigenvalue weighted by molar-refractivity contribution is 6.23. The van der Waals surface area contributed by atoms with Gasteiger partial charge in [0.2, 0.25) is 0 Å². The quantitative estimate of drug-likeness (QED) is 0.0545. The molecule has 0 radical (unpaired) electrons. The van der Waals surface area contributed by atoms with Crippen LogP contribution in [-0.4, -0.2) is 105 Å². The molecule has 0 aliphatic carbocycles. The van der Waals surface area contributed by atoms with Gasteiger partial charge in [-0.15, -0.1) is 0 Å². The first-order valence-electron chi connectivity index (χ1n) is 18.2. The van der Waals surface area contributed by atoms with Crippen molar-refractivity contribution in [3.63, 3.8) is 0 Å². The van der Waals surface area contributed by atoms with Crippen LogP contribution in [0.5, 0.6) is 23.0 Å². The zero-order chi connectivity index (χ0) is 41.8. The van der Waals surface area contributed by atoms with E-state index in [4.69, 9.17) is 28.9 Å². The number of phenolic OH excluding ortho intramolecular Hbond substituents is 3. The molecule has 1 amide bonds. The van der Waals surface area contributed by atoms with E-state index in [2.05, 4.69) is 10.5 Å². The number of benzene rings is 2. The van der Waals surface area contributed by atoms with Crippen LogP contribution in [0.25, 0.3) is 10.8 Å². The van der Waals surface area contributed by atoms with Gasteiger partial charge in [-0.25, -0.2) is 0 Å². The first-order chi connectivity index (χ1) is 26.3. The second-order valence-corrected chi connectivity index (χ2v) is 14.4. The predicted octanol–water partition coefficient (Wildman–Crippen LogP) is 4.10. The number of aliphatic hydroxyl groups is 3. The average molecular weight is 785 g/mol. The normalized spacial score (nSPS) is 29.5. The van der Waals surface area contributed by atoms with Gasteiger partial charge in [0.05, 0.1) is 59.6 Å². The monoisotopic (exact) mass is 784 g/mol. The highest BCUT2D eigenvalue weighted by Gasteiger charge is 2.50. The number of ether oxygens (including phenoxy) is 4. The minimum Gasteiger partial charge on any atom is -0.507 e. The number of esters is 1. The van der Waals surface area contributed by atoms with Crippen LogP contribution in [0.1, 0.15) is 70.0 Å². The van der Waals surface area contributed by atoms with Gasteiger partial charge < -0.3 is 59.7 Å². The Bertz CT molecular complexity index is 1950. The summed E-state index contributed by atoms with van der Waals surface area (Å²) in [6.07, 6.45) is 4.24. The molecule has 16 heteroatoms. The van der Waals surface area contributed by atoms with Gasteiger partial charge in [0.25, 0.3) is 11.7 Å². The van der Waals surface area contributed by atoms with Crippen LogP contribution in [0, 0.1) is 30.6 Å². The Hall–Kier alpha value is -5.16. The van der Waals surface area contributed by atoms with Crippen LogP contribution in [0.2, 0.25) is 0 Å². The number of phenols is 3. The van der Waals surface area contributed by atoms with Crippen molar-refractivity contribution >= 4 is 40.3 Å². The van der Waals surface area contributed by atoms with Crippen molar-refractivity contribution in [1.29, 1.82) is 0 Å². The number of Topliss-reactive ketones (excluding diaryl/α,β-unsaturated/α-hetero) is 1. The third-order valence-corrected chi connectivity index (χ3v) is 10.5.